The fourth-order valence-corrected chi connectivity index (χ4v) is 7.73. The molecule has 3 N–H and O–H groups in total. The predicted octanol–water partition coefficient (Wildman–Crippen LogP) is 3.41. The van der Waals surface area contributed by atoms with Gasteiger partial charge in [0.25, 0.3) is 0 Å². The van der Waals surface area contributed by atoms with Gasteiger partial charge in [0, 0.05) is 28.9 Å². The maximum absolute atomic E-state index is 14.4. The fourth-order valence-electron chi connectivity index (χ4n) is 6.53. The molecule has 1 fully saturated rings. The van der Waals surface area contributed by atoms with Crippen molar-refractivity contribution in [3.63, 3.8) is 0 Å². The largest absolute Gasteiger partial charge is 0.459 e. The number of piperidine rings is 1. The van der Waals surface area contributed by atoms with Crippen LogP contribution >= 0.6 is 0 Å². The van der Waals surface area contributed by atoms with Crippen LogP contribution in [-0.2, 0) is 42.8 Å². The topological polar surface area (TPSA) is 121 Å². The molecule has 9 nitrogen and oxygen atoms in total. The third kappa shape index (κ3) is 5.16. The lowest BCUT2D eigenvalue weighted by molar-refractivity contribution is -0.149. The van der Waals surface area contributed by atoms with Crippen molar-refractivity contribution >= 4 is 38.5 Å². The van der Waals surface area contributed by atoms with Crippen LogP contribution < -0.4 is 14.9 Å². The standard InChI is InChI=1S/C32H34N4O5S/c1-42(39,40)36-28-14-8-6-12-25(28)32(15-17-33-18-16-32)29(36)30(37)35-27(31(38)41-21-22-9-3-2-4-10-22)19-23-20-34-26-13-7-5-11-24(23)26/h2-14,20,27,29,33-34H,15-19,21H2,1H3,(H,35,37)/t27-,29?/m0/s1. The van der Waals surface area contributed by atoms with E-state index in [0.717, 1.165) is 33.8 Å². The van der Waals surface area contributed by atoms with Gasteiger partial charge in [-0.15, -0.1) is 0 Å². The first-order valence-electron chi connectivity index (χ1n) is 14.1. The first-order valence-corrected chi connectivity index (χ1v) is 16.0. The summed E-state index contributed by atoms with van der Waals surface area (Å²) in [7, 11) is -3.84. The molecule has 42 heavy (non-hydrogen) atoms. The highest BCUT2D eigenvalue weighted by atomic mass is 32.2. The number of rotatable bonds is 8. The number of esters is 1. The van der Waals surface area contributed by atoms with Gasteiger partial charge in [-0.2, -0.15) is 0 Å². The van der Waals surface area contributed by atoms with Crippen LogP contribution in [0.1, 0.15) is 29.5 Å². The molecule has 218 valence electrons. The molecule has 1 saturated heterocycles. The summed E-state index contributed by atoms with van der Waals surface area (Å²) in [5.41, 5.74) is 3.22. The normalized spacial score (nSPS) is 18.5. The summed E-state index contributed by atoms with van der Waals surface area (Å²) in [5.74, 6) is -1.10. The number of para-hydroxylation sites is 2. The smallest absolute Gasteiger partial charge is 0.329 e. The number of amides is 1. The third-order valence-corrected chi connectivity index (χ3v) is 9.58. The summed E-state index contributed by atoms with van der Waals surface area (Å²) >= 11 is 0. The van der Waals surface area contributed by atoms with Crippen molar-refractivity contribution in [2.75, 3.05) is 23.7 Å². The van der Waals surface area contributed by atoms with Crippen molar-refractivity contribution in [1.82, 2.24) is 15.6 Å². The Kier molecular flexibility index (Phi) is 7.51. The van der Waals surface area contributed by atoms with E-state index in [1.165, 1.54) is 4.31 Å². The Morgan fingerprint density at radius 2 is 1.69 bits per heavy atom. The van der Waals surface area contributed by atoms with E-state index < -0.39 is 39.4 Å². The van der Waals surface area contributed by atoms with Crippen LogP contribution in [0.15, 0.2) is 85.1 Å². The highest BCUT2D eigenvalue weighted by molar-refractivity contribution is 7.92. The first kappa shape index (κ1) is 28.0. The van der Waals surface area contributed by atoms with Crippen molar-refractivity contribution in [3.05, 3.63) is 102 Å². The number of aromatic amines is 1. The second-order valence-electron chi connectivity index (χ2n) is 11.1. The van der Waals surface area contributed by atoms with E-state index in [0.29, 0.717) is 31.6 Å². The van der Waals surface area contributed by atoms with Gasteiger partial charge in [0.1, 0.15) is 18.7 Å². The Bertz CT molecular complexity index is 1710. The Balaban J connectivity index is 1.35. The number of nitrogens with zero attached hydrogens (tertiary/aromatic N) is 1. The van der Waals surface area contributed by atoms with E-state index in [9.17, 15) is 18.0 Å². The number of hydrogen-bond acceptors (Lipinski definition) is 6. The Hall–Kier alpha value is -4.15. The fraction of sp³-hybridized carbons (Fsp3) is 0.312. The molecule has 2 aliphatic heterocycles. The van der Waals surface area contributed by atoms with Gasteiger partial charge in [0.15, 0.2) is 0 Å². The number of anilines is 1. The van der Waals surface area contributed by atoms with Gasteiger partial charge in [0.05, 0.1) is 11.9 Å². The average Bonchev–Trinajstić information content (AvgIpc) is 3.53. The lowest BCUT2D eigenvalue weighted by Gasteiger charge is -2.40. The van der Waals surface area contributed by atoms with Crippen molar-refractivity contribution in [1.29, 1.82) is 0 Å². The Labute approximate surface area is 245 Å². The lowest BCUT2D eigenvalue weighted by atomic mass is 9.69. The van der Waals surface area contributed by atoms with Crippen LogP contribution in [-0.4, -0.2) is 56.7 Å². The van der Waals surface area contributed by atoms with Crippen LogP contribution in [0, 0.1) is 0 Å². The number of nitrogens with one attached hydrogen (secondary N) is 3. The van der Waals surface area contributed by atoms with E-state index in [1.54, 1.807) is 12.1 Å². The molecule has 1 unspecified atom stereocenters. The molecule has 0 aliphatic carbocycles. The summed E-state index contributed by atoms with van der Waals surface area (Å²) in [4.78, 5) is 31.2. The van der Waals surface area contributed by atoms with E-state index in [-0.39, 0.29) is 13.0 Å². The number of H-pyrrole nitrogens is 1. The number of sulfonamides is 1. The van der Waals surface area contributed by atoms with Crippen molar-refractivity contribution in [3.8, 4) is 0 Å². The first-order chi connectivity index (χ1) is 20.3. The zero-order valence-electron chi connectivity index (χ0n) is 23.4. The zero-order valence-corrected chi connectivity index (χ0v) is 24.2. The molecule has 1 spiro atoms. The molecule has 3 heterocycles. The number of hydrogen-bond donors (Lipinski definition) is 3. The second-order valence-corrected chi connectivity index (χ2v) is 13.0. The average molecular weight is 587 g/mol. The molecule has 4 aromatic rings. The van der Waals surface area contributed by atoms with E-state index in [4.69, 9.17) is 4.74 Å². The Morgan fingerprint density at radius 3 is 2.45 bits per heavy atom. The number of fused-ring (bicyclic) bond motifs is 3. The zero-order chi connectivity index (χ0) is 29.3. The molecule has 1 amide bonds. The summed E-state index contributed by atoms with van der Waals surface area (Å²) < 4.78 is 33.5. The quantitative estimate of drug-likeness (QED) is 0.272. The van der Waals surface area contributed by atoms with Crippen LogP contribution in [0.3, 0.4) is 0 Å². The molecule has 3 aromatic carbocycles. The molecule has 1 aromatic heterocycles. The van der Waals surface area contributed by atoms with E-state index in [1.807, 2.05) is 72.9 Å². The van der Waals surface area contributed by atoms with E-state index >= 15 is 0 Å². The molecule has 0 saturated carbocycles. The molecular weight excluding hydrogens is 552 g/mol. The van der Waals surface area contributed by atoms with E-state index in [2.05, 4.69) is 15.6 Å². The molecule has 10 heteroatoms. The summed E-state index contributed by atoms with van der Waals surface area (Å²) in [6, 6.07) is 22.3. The van der Waals surface area contributed by atoms with Gasteiger partial charge in [-0.3, -0.25) is 9.10 Å². The molecule has 2 aliphatic rings. The van der Waals surface area contributed by atoms with Crippen LogP contribution in [0.2, 0.25) is 0 Å². The van der Waals surface area contributed by atoms with Gasteiger partial charge in [0.2, 0.25) is 15.9 Å². The summed E-state index contributed by atoms with van der Waals surface area (Å²) in [6.45, 7) is 1.35. The second kappa shape index (κ2) is 11.3. The van der Waals surface area contributed by atoms with Gasteiger partial charge in [-0.05, 0) is 54.8 Å². The third-order valence-electron chi connectivity index (χ3n) is 8.46. The van der Waals surface area contributed by atoms with Crippen LogP contribution in [0.25, 0.3) is 10.9 Å². The monoisotopic (exact) mass is 586 g/mol. The highest BCUT2D eigenvalue weighted by Gasteiger charge is 2.57. The summed E-state index contributed by atoms with van der Waals surface area (Å²) in [6.07, 6.45) is 4.30. The van der Waals surface area contributed by atoms with Gasteiger partial charge >= 0.3 is 5.97 Å². The Morgan fingerprint density at radius 1 is 1.00 bits per heavy atom. The minimum atomic E-state index is -3.84. The number of carbonyl (C=O) groups excluding carboxylic acids is 2. The predicted molar refractivity (Wildman–Crippen MR) is 162 cm³/mol. The minimum absolute atomic E-state index is 0.0554. The van der Waals surface area contributed by atoms with Crippen molar-refractivity contribution in [2.24, 2.45) is 0 Å². The van der Waals surface area contributed by atoms with Gasteiger partial charge in [-0.25, -0.2) is 13.2 Å². The molecule has 2 atom stereocenters. The minimum Gasteiger partial charge on any atom is -0.459 e. The van der Waals surface area contributed by atoms with Crippen molar-refractivity contribution < 1.29 is 22.7 Å². The maximum Gasteiger partial charge on any atom is 0.329 e. The SMILES string of the molecule is CS(=O)(=O)N1c2ccccc2C2(CCNCC2)C1C(=O)N[C@@H](Cc1c[nH]c2ccccc12)C(=O)OCc1ccccc1. The lowest BCUT2D eigenvalue weighted by Crippen LogP contribution is -2.60. The van der Waals surface area contributed by atoms with Crippen LogP contribution in [0.5, 0.6) is 0 Å². The maximum atomic E-state index is 14.4. The summed E-state index contributed by atoms with van der Waals surface area (Å²) in [5, 5.41) is 7.23. The van der Waals surface area contributed by atoms with Gasteiger partial charge in [-0.1, -0.05) is 66.7 Å². The number of benzene rings is 3. The molecule has 0 radical (unpaired) electrons. The van der Waals surface area contributed by atoms with Crippen molar-refractivity contribution in [2.45, 2.75) is 43.4 Å². The number of aromatic nitrogens is 1. The number of carbonyl (C=O) groups is 2. The van der Waals surface area contributed by atoms with Crippen LogP contribution in [0.4, 0.5) is 5.69 Å². The number of ether oxygens (including phenoxy) is 1. The highest BCUT2D eigenvalue weighted by Crippen LogP contribution is 2.51. The molecule has 6 rings (SSSR count). The molecular formula is C32H34N4O5S. The van der Waals surface area contributed by atoms with Gasteiger partial charge < -0.3 is 20.4 Å². The molecule has 0 bridgehead atoms.